The Hall–Kier alpha value is -2.64. The first-order valence-corrected chi connectivity index (χ1v) is 8.86. The number of amides is 2. The lowest BCUT2D eigenvalue weighted by molar-refractivity contribution is -0.141. The van der Waals surface area contributed by atoms with Gasteiger partial charge in [-0.2, -0.15) is 13.2 Å². The summed E-state index contributed by atoms with van der Waals surface area (Å²) in [5.41, 5.74) is 0.379. The van der Waals surface area contributed by atoms with Gasteiger partial charge in [-0.3, -0.25) is 0 Å². The average molecular weight is 378 g/mol. The number of urea groups is 1. The summed E-state index contributed by atoms with van der Waals surface area (Å²) >= 11 is 0. The third-order valence-electron chi connectivity index (χ3n) is 4.51. The van der Waals surface area contributed by atoms with Gasteiger partial charge in [0.2, 0.25) is 0 Å². The first-order chi connectivity index (χ1) is 12.8. The van der Waals surface area contributed by atoms with Gasteiger partial charge in [-0.15, -0.1) is 0 Å². The molecule has 0 unspecified atom stereocenters. The van der Waals surface area contributed by atoms with E-state index < -0.39 is 11.9 Å². The molecule has 1 fully saturated rings. The summed E-state index contributed by atoms with van der Waals surface area (Å²) in [7, 11) is 0. The van der Waals surface area contributed by atoms with Crippen molar-refractivity contribution in [2.45, 2.75) is 38.4 Å². The first-order valence-electron chi connectivity index (χ1n) is 8.86. The van der Waals surface area contributed by atoms with Crippen molar-refractivity contribution in [1.82, 2.24) is 20.2 Å². The van der Waals surface area contributed by atoms with Crippen LogP contribution in [0.3, 0.4) is 0 Å². The number of nitrogens with zero attached hydrogens (tertiary/aromatic N) is 3. The van der Waals surface area contributed by atoms with Crippen molar-refractivity contribution in [1.29, 1.82) is 0 Å². The van der Waals surface area contributed by atoms with Crippen molar-refractivity contribution >= 4 is 6.03 Å². The molecule has 3 rings (SSSR count). The SMILES string of the molecule is Cc1cc(C(F)(F)F)nc(CCNC(=O)N2CCC[C@H]2c2ccccc2)n1. The van der Waals surface area contributed by atoms with Crippen LogP contribution in [0.4, 0.5) is 18.0 Å². The smallest absolute Gasteiger partial charge is 0.338 e. The van der Waals surface area contributed by atoms with E-state index in [1.807, 2.05) is 30.3 Å². The number of nitrogens with one attached hydrogen (secondary N) is 1. The lowest BCUT2D eigenvalue weighted by Crippen LogP contribution is -2.40. The Bertz CT molecular complexity index is 795. The second-order valence-corrected chi connectivity index (χ2v) is 6.55. The highest BCUT2D eigenvalue weighted by Gasteiger charge is 2.33. The minimum Gasteiger partial charge on any atom is -0.338 e. The highest BCUT2D eigenvalue weighted by Crippen LogP contribution is 2.31. The predicted molar refractivity (Wildman–Crippen MR) is 94.0 cm³/mol. The van der Waals surface area contributed by atoms with Crippen LogP contribution in [0.5, 0.6) is 0 Å². The molecule has 1 atom stereocenters. The van der Waals surface area contributed by atoms with Crippen LogP contribution in [0.15, 0.2) is 36.4 Å². The maximum absolute atomic E-state index is 12.8. The minimum atomic E-state index is -4.51. The van der Waals surface area contributed by atoms with Crippen LogP contribution >= 0.6 is 0 Å². The Balaban J connectivity index is 1.59. The van der Waals surface area contributed by atoms with Gasteiger partial charge in [0.1, 0.15) is 11.5 Å². The van der Waals surface area contributed by atoms with Crippen LogP contribution in [0.25, 0.3) is 0 Å². The number of carbonyl (C=O) groups is 1. The molecule has 1 aliphatic heterocycles. The minimum absolute atomic E-state index is 0.0262. The molecule has 2 heterocycles. The molecule has 1 aliphatic rings. The van der Waals surface area contributed by atoms with Gasteiger partial charge in [-0.25, -0.2) is 14.8 Å². The van der Waals surface area contributed by atoms with Gasteiger partial charge in [-0.05, 0) is 31.4 Å². The van der Waals surface area contributed by atoms with E-state index in [-0.39, 0.29) is 36.6 Å². The van der Waals surface area contributed by atoms with E-state index in [9.17, 15) is 18.0 Å². The fourth-order valence-corrected chi connectivity index (χ4v) is 3.30. The molecule has 5 nitrogen and oxygen atoms in total. The zero-order valence-corrected chi connectivity index (χ0v) is 15.0. The molecule has 27 heavy (non-hydrogen) atoms. The molecule has 1 saturated heterocycles. The Labute approximate surface area is 155 Å². The van der Waals surface area contributed by atoms with Gasteiger partial charge in [0.05, 0.1) is 6.04 Å². The van der Waals surface area contributed by atoms with E-state index in [2.05, 4.69) is 15.3 Å². The highest BCUT2D eigenvalue weighted by molar-refractivity contribution is 5.75. The summed E-state index contributed by atoms with van der Waals surface area (Å²) in [5.74, 6) is 0.0728. The van der Waals surface area contributed by atoms with Crippen LogP contribution in [0.2, 0.25) is 0 Å². The number of carbonyl (C=O) groups excluding carboxylic acids is 1. The van der Waals surface area contributed by atoms with E-state index in [1.165, 1.54) is 6.92 Å². The molecule has 2 amide bonds. The van der Waals surface area contributed by atoms with Gasteiger partial charge in [0, 0.05) is 25.2 Å². The molecule has 1 N–H and O–H groups in total. The zero-order chi connectivity index (χ0) is 19.4. The summed E-state index contributed by atoms with van der Waals surface area (Å²) in [4.78, 5) is 21.9. The first kappa shape index (κ1) is 19.1. The predicted octanol–water partition coefficient (Wildman–Crippen LogP) is 3.89. The Morgan fingerprint density at radius 1 is 1.26 bits per heavy atom. The van der Waals surface area contributed by atoms with Crippen molar-refractivity contribution in [2.24, 2.45) is 0 Å². The monoisotopic (exact) mass is 378 g/mol. The van der Waals surface area contributed by atoms with E-state index >= 15 is 0 Å². The maximum atomic E-state index is 12.8. The number of rotatable bonds is 4. The number of aryl methyl sites for hydroxylation is 1. The number of benzene rings is 1. The molecule has 1 aromatic carbocycles. The summed E-state index contributed by atoms with van der Waals surface area (Å²) in [6.45, 7) is 2.33. The third-order valence-corrected chi connectivity index (χ3v) is 4.51. The molecular weight excluding hydrogens is 357 g/mol. The molecule has 1 aromatic heterocycles. The Morgan fingerprint density at radius 3 is 2.70 bits per heavy atom. The fourth-order valence-electron chi connectivity index (χ4n) is 3.30. The zero-order valence-electron chi connectivity index (χ0n) is 15.0. The van der Waals surface area contributed by atoms with Crippen molar-refractivity contribution in [2.75, 3.05) is 13.1 Å². The lowest BCUT2D eigenvalue weighted by Gasteiger charge is -2.25. The number of hydrogen-bond donors (Lipinski definition) is 1. The molecule has 144 valence electrons. The normalized spacial score (nSPS) is 17.2. The topological polar surface area (TPSA) is 58.1 Å². The standard InChI is InChI=1S/C19H21F3N4O/c1-13-12-16(19(20,21)22)25-17(24-13)9-10-23-18(27)26-11-5-8-15(26)14-6-3-2-4-7-14/h2-4,6-7,12,15H,5,8-11H2,1H3,(H,23,27)/t15-/m0/s1. The number of hydrogen-bond acceptors (Lipinski definition) is 3. The van der Waals surface area contributed by atoms with Gasteiger partial charge >= 0.3 is 12.2 Å². The van der Waals surface area contributed by atoms with Crippen LogP contribution < -0.4 is 5.32 Å². The fraction of sp³-hybridized carbons (Fsp3) is 0.421. The summed E-state index contributed by atoms with van der Waals surface area (Å²) in [6.07, 6.45) is -2.55. The van der Waals surface area contributed by atoms with E-state index in [1.54, 1.807) is 4.90 Å². The lowest BCUT2D eigenvalue weighted by atomic mass is 10.1. The second-order valence-electron chi connectivity index (χ2n) is 6.55. The third kappa shape index (κ3) is 4.75. The molecule has 0 aliphatic carbocycles. The van der Waals surface area contributed by atoms with Crippen molar-refractivity contribution < 1.29 is 18.0 Å². The van der Waals surface area contributed by atoms with Crippen LogP contribution in [0.1, 0.15) is 41.7 Å². The highest BCUT2D eigenvalue weighted by atomic mass is 19.4. The molecule has 8 heteroatoms. The van der Waals surface area contributed by atoms with Crippen molar-refractivity contribution in [3.05, 3.63) is 59.2 Å². The van der Waals surface area contributed by atoms with Crippen LogP contribution in [-0.2, 0) is 12.6 Å². The van der Waals surface area contributed by atoms with E-state index in [0.717, 1.165) is 24.5 Å². The molecule has 2 aromatic rings. The van der Waals surface area contributed by atoms with Gasteiger partial charge in [-0.1, -0.05) is 30.3 Å². The van der Waals surface area contributed by atoms with Crippen LogP contribution in [-0.4, -0.2) is 34.0 Å². The maximum Gasteiger partial charge on any atom is 0.433 e. The van der Waals surface area contributed by atoms with Crippen molar-refractivity contribution in [3.8, 4) is 0 Å². The van der Waals surface area contributed by atoms with Gasteiger partial charge < -0.3 is 10.2 Å². The van der Waals surface area contributed by atoms with Crippen LogP contribution in [0, 0.1) is 6.92 Å². The summed E-state index contributed by atoms with van der Waals surface area (Å²) < 4.78 is 38.5. The number of likely N-dealkylation sites (tertiary alicyclic amines) is 1. The summed E-state index contributed by atoms with van der Waals surface area (Å²) in [5, 5.41) is 2.78. The molecule has 0 spiro atoms. The molecular formula is C19H21F3N4O. The number of halogens is 3. The Kier molecular flexibility index (Phi) is 5.62. The molecule has 0 radical (unpaired) electrons. The summed E-state index contributed by atoms with van der Waals surface area (Å²) in [6, 6.07) is 10.5. The number of alkyl halides is 3. The van der Waals surface area contributed by atoms with Gasteiger partial charge in [0.25, 0.3) is 0 Å². The van der Waals surface area contributed by atoms with Gasteiger partial charge in [0.15, 0.2) is 0 Å². The Morgan fingerprint density at radius 2 is 2.00 bits per heavy atom. The van der Waals surface area contributed by atoms with E-state index in [4.69, 9.17) is 0 Å². The second kappa shape index (κ2) is 7.94. The van der Waals surface area contributed by atoms with Crippen molar-refractivity contribution in [3.63, 3.8) is 0 Å². The van der Waals surface area contributed by atoms with E-state index in [0.29, 0.717) is 6.54 Å². The largest absolute Gasteiger partial charge is 0.433 e. The molecule has 0 saturated carbocycles. The molecule has 0 bridgehead atoms. The number of aromatic nitrogens is 2. The average Bonchev–Trinajstić information content (AvgIpc) is 3.11. The quantitative estimate of drug-likeness (QED) is 0.878.